The largest absolute Gasteiger partial charge is 0.493 e. The van der Waals surface area contributed by atoms with Crippen molar-refractivity contribution in [1.82, 2.24) is 10.2 Å². The highest BCUT2D eigenvalue weighted by atomic mass is 32.2. The minimum atomic E-state index is -4.25. The summed E-state index contributed by atoms with van der Waals surface area (Å²) in [5.74, 6) is -0.192. The van der Waals surface area contributed by atoms with Gasteiger partial charge in [-0.25, -0.2) is 8.42 Å². The number of nitrogens with one attached hydrogen (secondary N) is 1. The number of unbranched alkanes of at least 4 members (excludes halogenated alkanes) is 1. The van der Waals surface area contributed by atoms with Gasteiger partial charge in [-0.15, -0.1) is 0 Å². The summed E-state index contributed by atoms with van der Waals surface area (Å²) in [4.78, 5) is 28.5. The number of ether oxygens (including phenoxy) is 2. The van der Waals surface area contributed by atoms with Gasteiger partial charge in [-0.05, 0) is 57.0 Å². The summed E-state index contributed by atoms with van der Waals surface area (Å²) < 4.78 is 39.9. The van der Waals surface area contributed by atoms with Gasteiger partial charge in [-0.3, -0.25) is 13.9 Å². The van der Waals surface area contributed by atoms with Gasteiger partial charge in [-0.2, -0.15) is 0 Å². The fraction of sp³-hybridized carbons (Fsp3) is 0.375. The quantitative estimate of drug-likeness (QED) is 0.267. The third-order valence-corrected chi connectivity index (χ3v) is 8.75. The summed E-state index contributed by atoms with van der Waals surface area (Å²) in [6, 6.07) is 18.0. The number of methoxy groups -OCH3 is 2. The second-order valence-electron chi connectivity index (χ2n) is 10.2. The lowest BCUT2D eigenvalue weighted by Gasteiger charge is -2.32. The summed E-state index contributed by atoms with van der Waals surface area (Å²) >= 11 is 0. The summed E-state index contributed by atoms with van der Waals surface area (Å²) in [6.45, 7) is 7.65. The third kappa shape index (κ3) is 8.03. The standard InChI is InChI=1S/C32H41N3O6S/c1-7-8-18-33-32(37)25(4)34(21-26-11-9-10-24(3)19-26)31(36)22-35(27-14-12-23(2)13-15-27)42(38,39)28-16-17-29(40-5)30(20-28)41-6/h9-17,19-20,25H,7-8,18,21-22H2,1-6H3,(H,33,37). The van der Waals surface area contributed by atoms with Crippen molar-refractivity contribution in [3.63, 3.8) is 0 Å². The van der Waals surface area contributed by atoms with Crippen LogP contribution in [0.5, 0.6) is 11.5 Å². The molecule has 1 atom stereocenters. The van der Waals surface area contributed by atoms with E-state index in [9.17, 15) is 18.0 Å². The van der Waals surface area contributed by atoms with E-state index in [2.05, 4.69) is 5.32 Å². The number of anilines is 1. The molecule has 0 spiro atoms. The molecule has 0 radical (unpaired) electrons. The number of amides is 2. The normalized spacial score (nSPS) is 11.9. The molecule has 1 N–H and O–H groups in total. The zero-order valence-corrected chi connectivity index (χ0v) is 26.0. The number of sulfonamides is 1. The molecule has 3 rings (SSSR count). The fourth-order valence-electron chi connectivity index (χ4n) is 4.47. The van der Waals surface area contributed by atoms with Crippen molar-refractivity contribution in [3.8, 4) is 11.5 Å². The number of carbonyl (C=O) groups is 2. The van der Waals surface area contributed by atoms with Crippen LogP contribution in [0, 0.1) is 13.8 Å². The van der Waals surface area contributed by atoms with Gasteiger partial charge < -0.3 is 19.7 Å². The maximum atomic E-state index is 14.1. The molecule has 3 aromatic rings. The maximum absolute atomic E-state index is 14.1. The van der Waals surface area contributed by atoms with Crippen LogP contribution in [-0.4, -0.2) is 58.5 Å². The first-order valence-corrected chi connectivity index (χ1v) is 15.4. The van der Waals surface area contributed by atoms with Gasteiger partial charge in [0.15, 0.2) is 11.5 Å². The number of hydrogen-bond donors (Lipinski definition) is 1. The monoisotopic (exact) mass is 595 g/mol. The molecule has 0 bridgehead atoms. The van der Waals surface area contributed by atoms with E-state index >= 15 is 0 Å². The van der Waals surface area contributed by atoms with Gasteiger partial charge in [0.05, 0.1) is 24.8 Å². The predicted octanol–water partition coefficient (Wildman–Crippen LogP) is 4.85. The molecule has 0 aliphatic carbocycles. The number of hydrogen-bond acceptors (Lipinski definition) is 6. The summed E-state index contributed by atoms with van der Waals surface area (Å²) in [7, 11) is -1.36. The van der Waals surface area contributed by atoms with Gasteiger partial charge in [0.1, 0.15) is 12.6 Å². The lowest BCUT2D eigenvalue weighted by Crippen LogP contribution is -2.51. The zero-order chi connectivity index (χ0) is 30.9. The minimum Gasteiger partial charge on any atom is -0.493 e. The van der Waals surface area contributed by atoms with Crippen molar-refractivity contribution in [1.29, 1.82) is 0 Å². The highest BCUT2D eigenvalue weighted by Crippen LogP contribution is 2.32. The zero-order valence-electron chi connectivity index (χ0n) is 25.2. The first-order chi connectivity index (χ1) is 20.0. The minimum absolute atomic E-state index is 0.0656. The van der Waals surface area contributed by atoms with Crippen LogP contribution in [0.3, 0.4) is 0 Å². The van der Waals surface area contributed by atoms with E-state index in [1.807, 2.05) is 45.0 Å². The van der Waals surface area contributed by atoms with Crippen LogP contribution >= 0.6 is 0 Å². The van der Waals surface area contributed by atoms with Crippen molar-refractivity contribution < 1.29 is 27.5 Å². The van der Waals surface area contributed by atoms with E-state index in [0.717, 1.165) is 33.8 Å². The molecule has 0 aromatic heterocycles. The molecule has 0 aliphatic rings. The van der Waals surface area contributed by atoms with E-state index in [-0.39, 0.29) is 23.1 Å². The Morgan fingerprint density at radius 3 is 2.21 bits per heavy atom. The second-order valence-corrected chi connectivity index (χ2v) is 12.1. The summed E-state index contributed by atoms with van der Waals surface area (Å²) in [6.07, 6.45) is 1.73. The summed E-state index contributed by atoms with van der Waals surface area (Å²) in [5, 5.41) is 2.90. The first kappa shape index (κ1) is 32.5. The van der Waals surface area contributed by atoms with Crippen LogP contribution in [0.25, 0.3) is 0 Å². The maximum Gasteiger partial charge on any atom is 0.264 e. The first-order valence-electron chi connectivity index (χ1n) is 14.0. The molecule has 42 heavy (non-hydrogen) atoms. The molecule has 10 heteroatoms. The van der Waals surface area contributed by atoms with Crippen LogP contribution in [0.15, 0.2) is 71.6 Å². The number of carbonyl (C=O) groups excluding carboxylic acids is 2. The van der Waals surface area contributed by atoms with Crippen molar-refractivity contribution in [2.45, 2.75) is 58.0 Å². The smallest absolute Gasteiger partial charge is 0.264 e. The molecular weight excluding hydrogens is 554 g/mol. The van der Waals surface area contributed by atoms with Crippen LogP contribution in [0.2, 0.25) is 0 Å². The van der Waals surface area contributed by atoms with Crippen molar-refractivity contribution in [2.75, 3.05) is 31.6 Å². The number of nitrogens with zero attached hydrogens (tertiary/aromatic N) is 2. The van der Waals surface area contributed by atoms with Crippen molar-refractivity contribution in [3.05, 3.63) is 83.4 Å². The van der Waals surface area contributed by atoms with Crippen LogP contribution in [-0.2, 0) is 26.2 Å². The summed E-state index contributed by atoms with van der Waals surface area (Å²) in [5.41, 5.74) is 3.10. The van der Waals surface area contributed by atoms with Crippen molar-refractivity contribution in [2.24, 2.45) is 0 Å². The number of benzene rings is 3. The van der Waals surface area contributed by atoms with Crippen LogP contribution in [0.1, 0.15) is 43.4 Å². The van der Waals surface area contributed by atoms with Gasteiger partial charge in [0.2, 0.25) is 11.8 Å². The topological polar surface area (TPSA) is 105 Å². The Kier molecular flexibility index (Phi) is 11.4. The average molecular weight is 596 g/mol. The average Bonchev–Trinajstić information content (AvgIpc) is 2.98. The van der Waals surface area contributed by atoms with E-state index in [4.69, 9.17) is 9.47 Å². The highest BCUT2D eigenvalue weighted by Gasteiger charge is 2.33. The number of aryl methyl sites for hydroxylation is 2. The molecule has 226 valence electrons. The third-order valence-electron chi connectivity index (χ3n) is 6.98. The predicted molar refractivity (Wildman–Crippen MR) is 164 cm³/mol. The van der Waals surface area contributed by atoms with E-state index in [1.165, 1.54) is 37.3 Å². The van der Waals surface area contributed by atoms with Crippen LogP contribution < -0.4 is 19.1 Å². The fourth-order valence-corrected chi connectivity index (χ4v) is 5.90. The van der Waals surface area contributed by atoms with Gasteiger partial charge in [-0.1, -0.05) is 60.9 Å². The van der Waals surface area contributed by atoms with Gasteiger partial charge >= 0.3 is 0 Å². The SMILES string of the molecule is CCCCNC(=O)C(C)N(Cc1cccc(C)c1)C(=O)CN(c1ccc(C)cc1)S(=O)(=O)c1ccc(OC)c(OC)c1. The Labute approximate surface area is 249 Å². The van der Waals surface area contributed by atoms with E-state index < -0.39 is 28.5 Å². The number of rotatable bonds is 14. The Balaban J connectivity index is 2.04. The molecule has 0 fully saturated rings. The van der Waals surface area contributed by atoms with Gasteiger partial charge in [0, 0.05) is 19.2 Å². The Morgan fingerprint density at radius 1 is 0.905 bits per heavy atom. The molecule has 0 heterocycles. The lowest BCUT2D eigenvalue weighted by atomic mass is 10.1. The molecular formula is C32H41N3O6S. The molecule has 1 unspecified atom stereocenters. The molecule has 3 aromatic carbocycles. The lowest BCUT2D eigenvalue weighted by molar-refractivity contribution is -0.139. The molecule has 0 saturated carbocycles. The van der Waals surface area contributed by atoms with E-state index in [1.54, 1.807) is 31.2 Å². The van der Waals surface area contributed by atoms with Crippen LogP contribution in [0.4, 0.5) is 5.69 Å². The molecule has 0 saturated heterocycles. The Morgan fingerprint density at radius 2 is 1.60 bits per heavy atom. The highest BCUT2D eigenvalue weighted by molar-refractivity contribution is 7.92. The van der Waals surface area contributed by atoms with E-state index in [0.29, 0.717) is 18.0 Å². The molecule has 9 nitrogen and oxygen atoms in total. The Hall–Kier alpha value is -4.05. The second kappa shape index (κ2) is 14.7. The molecule has 2 amide bonds. The van der Waals surface area contributed by atoms with Gasteiger partial charge in [0.25, 0.3) is 10.0 Å². The Bertz CT molecular complexity index is 1470. The van der Waals surface area contributed by atoms with Crippen molar-refractivity contribution >= 4 is 27.5 Å². The molecule has 0 aliphatic heterocycles.